The van der Waals surface area contributed by atoms with Crippen LogP contribution in [0.1, 0.15) is 35.3 Å². The predicted octanol–water partition coefficient (Wildman–Crippen LogP) is 4.71. The number of rotatable bonds is 3. The highest BCUT2D eigenvalue weighted by Crippen LogP contribution is 2.39. The second-order valence-electron chi connectivity index (χ2n) is 7.06. The van der Waals surface area contributed by atoms with E-state index in [9.17, 15) is 4.79 Å². The number of ketones is 1. The van der Waals surface area contributed by atoms with E-state index in [-0.39, 0.29) is 11.2 Å². The van der Waals surface area contributed by atoms with Gasteiger partial charge in [0.1, 0.15) is 0 Å². The van der Waals surface area contributed by atoms with Crippen molar-refractivity contribution in [1.29, 1.82) is 0 Å². The molecule has 2 aromatic rings. The first-order chi connectivity index (χ1) is 11.3. The van der Waals surface area contributed by atoms with Gasteiger partial charge >= 0.3 is 0 Å². The minimum absolute atomic E-state index is 0.111. The maximum Gasteiger partial charge on any atom is 0.261 e. The molecule has 0 radical (unpaired) electrons. The molecule has 2 aromatic carbocycles. The summed E-state index contributed by atoms with van der Waals surface area (Å²) in [6.45, 7) is 7.10. The molecule has 24 heavy (non-hydrogen) atoms. The van der Waals surface area contributed by atoms with E-state index >= 15 is 0 Å². The lowest BCUT2D eigenvalue weighted by Crippen LogP contribution is -2.50. The van der Waals surface area contributed by atoms with E-state index in [1.807, 2.05) is 55.5 Å². The fraction of sp³-hybridized carbons (Fsp3) is 0.350. The van der Waals surface area contributed by atoms with Gasteiger partial charge in [0.2, 0.25) is 5.78 Å². The third-order valence-electron chi connectivity index (χ3n) is 4.17. The Morgan fingerprint density at radius 1 is 0.958 bits per heavy atom. The van der Waals surface area contributed by atoms with Gasteiger partial charge in [-0.05, 0) is 41.6 Å². The number of benzene rings is 2. The molecule has 3 nitrogen and oxygen atoms in total. The zero-order valence-corrected chi connectivity index (χ0v) is 16.3. The zero-order valence-electron chi connectivity index (χ0n) is 14.1. The summed E-state index contributed by atoms with van der Waals surface area (Å²) < 4.78 is 13.2. The Labute approximate surface area is 156 Å². The summed E-state index contributed by atoms with van der Waals surface area (Å²) in [6, 6.07) is 15.3. The van der Waals surface area contributed by atoms with E-state index in [0.717, 1.165) is 14.7 Å². The van der Waals surface area contributed by atoms with Crippen LogP contribution in [0.15, 0.2) is 48.5 Å². The third kappa shape index (κ3) is 3.41. The summed E-state index contributed by atoms with van der Waals surface area (Å²) in [5.74, 6) is -1.52. The molecule has 1 heterocycles. The summed E-state index contributed by atoms with van der Waals surface area (Å²) in [5, 5.41) is 0. The molecule has 1 fully saturated rings. The summed E-state index contributed by atoms with van der Waals surface area (Å²) >= 11 is 2.22. The van der Waals surface area contributed by atoms with E-state index in [0.29, 0.717) is 18.8 Å². The number of hydrogen-bond acceptors (Lipinski definition) is 3. The van der Waals surface area contributed by atoms with Crippen molar-refractivity contribution in [2.45, 2.75) is 26.6 Å². The summed E-state index contributed by atoms with van der Waals surface area (Å²) in [6.07, 6.45) is 0. The third-order valence-corrected chi connectivity index (χ3v) is 4.89. The van der Waals surface area contributed by atoms with Gasteiger partial charge in [0.15, 0.2) is 0 Å². The van der Waals surface area contributed by atoms with E-state index in [1.165, 1.54) is 0 Å². The van der Waals surface area contributed by atoms with E-state index in [2.05, 4.69) is 36.4 Å². The molecule has 1 aliphatic rings. The molecule has 126 valence electrons. The molecular formula is C20H21IO3. The Bertz CT molecular complexity index is 722. The molecule has 1 saturated heterocycles. The van der Waals surface area contributed by atoms with Crippen LogP contribution in [0.25, 0.3) is 0 Å². The van der Waals surface area contributed by atoms with E-state index in [4.69, 9.17) is 9.47 Å². The monoisotopic (exact) mass is 436 g/mol. The van der Waals surface area contributed by atoms with E-state index in [1.54, 1.807) is 0 Å². The average molecular weight is 436 g/mol. The van der Waals surface area contributed by atoms with Crippen molar-refractivity contribution in [3.8, 4) is 0 Å². The van der Waals surface area contributed by atoms with Crippen molar-refractivity contribution < 1.29 is 14.3 Å². The van der Waals surface area contributed by atoms with Crippen molar-refractivity contribution in [3.05, 3.63) is 68.8 Å². The maximum atomic E-state index is 13.3. The van der Waals surface area contributed by atoms with Gasteiger partial charge in [-0.3, -0.25) is 4.79 Å². The normalized spacial score (nSPS) is 19.0. The first kappa shape index (κ1) is 17.6. The number of carbonyl (C=O) groups excluding carboxylic acids is 1. The smallest absolute Gasteiger partial charge is 0.261 e. The van der Waals surface area contributed by atoms with Crippen LogP contribution < -0.4 is 0 Å². The molecular weight excluding hydrogens is 415 g/mol. The fourth-order valence-corrected chi connectivity index (χ4v) is 3.03. The van der Waals surface area contributed by atoms with Crippen LogP contribution in [0, 0.1) is 15.9 Å². The van der Waals surface area contributed by atoms with Crippen LogP contribution in [-0.2, 0) is 15.3 Å². The first-order valence-electron chi connectivity index (χ1n) is 7.98. The molecule has 0 saturated carbocycles. The summed E-state index contributed by atoms with van der Waals surface area (Å²) in [5.41, 5.74) is 2.36. The predicted molar refractivity (Wildman–Crippen MR) is 102 cm³/mol. The van der Waals surface area contributed by atoms with Crippen LogP contribution in [0.5, 0.6) is 0 Å². The maximum absolute atomic E-state index is 13.3. The lowest BCUT2D eigenvalue weighted by Gasteiger charge is -2.42. The molecule has 0 amide bonds. The topological polar surface area (TPSA) is 35.5 Å². The van der Waals surface area contributed by atoms with Gasteiger partial charge in [-0.25, -0.2) is 0 Å². The Balaban J connectivity index is 2.03. The van der Waals surface area contributed by atoms with Crippen molar-refractivity contribution in [2.24, 2.45) is 5.41 Å². The molecule has 0 atom stereocenters. The second-order valence-corrected chi connectivity index (χ2v) is 8.31. The molecule has 1 aliphatic heterocycles. The number of halogens is 1. The molecule has 0 N–H and O–H groups in total. The largest absolute Gasteiger partial charge is 0.339 e. The summed E-state index contributed by atoms with van der Waals surface area (Å²) in [4.78, 5) is 13.3. The first-order valence-corrected chi connectivity index (χ1v) is 9.06. The lowest BCUT2D eigenvalue weighted by molar-refractivity contribution is -0.275. The standard InChI is InChI=1S/C20H21IO3/c1-14-4-8-16(9-5-14)20(23-12-19(2,3)13-24-20)18(22)15-6-10-17(21)11-7-15/h4-11H,12-13H2,1-3H3. The SMILES string of the molecule is Cc1ccc(C2(C(=O)c3ccc(I)cc3)OCC(C)(C)CO2)cc1. The molecule has 0 bridgehead atoms. The van der Waals surface area contributed by atoms with Crippen molar-refractivity contribution in [3.63, 3.8) is 0 Å². The van der Waals surface area contributed by atoms with Gasteiger partial charge in [0, 0.05) is 20.1 Å². The highest BCUT2D eigenvalue weighted by molar-refractivity contribution is 14.1. The highest BCUT2D eigenvalue weighted by Gasteiger charge is 2.48. The second kappa shape index (κ2) is 6.58. The van der Waals surface area contributed by atoms with Gasteiger partial charge in [0.05, 0.1) is 13.2 Å². The molecule has 0 spiro atoms. The number of aryl methyl sites for hydroxylation is 1. The van der Waals surface area contributed by atoms with Crippen molar-refractivity contribution in [1.82, 2.24) is 0 Å². The fourth-order valence-electron chi connectivity index (χ4n) is 2.67. The van der Waals surface area contributed by atoms with Crippen LogP contribution in [0.3, 0.4) is 0 Å². The lowest BCUT2D eigenvalue weighted by atomic mass is 9.90. The van der Waals surface area contributed by atoms with Crippen molar-refractivity contribution >= 4 is 28.4 Å². The van der Waals surface area contributed by atoms with Gasteiger partial charge in [0.25, 0.3) is 5.79 Å². The van der Waals surface area contributed by atoms with E-state index < -0.39 is 5.79 Å². The van der Waals surface area contributed by atoms with Crippen LogP contribution in [-0.4, -0.2) is 19.0 Å². The number of carbonyl (C=O) groups is 1. The molecule has 0 unspecified atom stereocenters. The van der Waals surface area contributed by atoms with Crippen molar-refractivity contribution in [2.75, 3.05) is 13.2 Å². The average Bonchev–Trinajstić information content (AvgIpc) is 2.56. The van der Waals surface area contributed by atoms with Gasteiger partial charge in [-0.2, -0.15) is 0 Å². The number of hydrogen-bond donors (Lipinski definition) is 0. The molecule has 3 rings (SSSR count). The van der Waals surface area contributed by atoms with Crippen LogP contribution >= 0.6 is 22.6 Å². The Hall–Kier alpha value is -1.24. The number of ether oxygens (including phenoxy) is 2. The Morgan fingerprint density at radius 3 is 2.04 bits per heavy atom. The van der Waals surface area contributed by atoms with Crippen LogP contribution in [0.4, 0.5) is 0 Å². The van der Waals surface area contributed by atoms with Gasteiger partial charge in [-0.15, -0.1) is 0 Å². The van der Waals surface area contributed by atoms with Gasteiger partial charge in [-0.1, -0.05) is 55.8 Å². The quantitative estimate of drug-likeness (QED) is 0.517. The minimum atomic E-state index is -1.37. The zero-order chi connectivity index (χ0) is 17.4. The summed E-state index contributed by atoms with van der Waals surface area (Å²) in [7, 11) is 0. The molecule has 4 heteroatoms. The Kier molecular flexibility index (Phi) is 4.82. The Morgan fingerprint density at radius 2 is 1.50 bits per heavy atom. The van der Waals surface area contributed by atoms with Gasteiger partial charge < -0.3 is 9.47 Å². The van der Waals surface area contributed by atoms with Crippen LogP contribution in [0.2, 0.25) is 0 Å². The highest BCUT2D eigenvalue weighted by atomic mass is 127. The minimum Gasteiger partial charge on any atom is -0.339 e. The number of Topliss-reactive ketones (excluding diaryl/α,β-unsaturated/α-hetero) is 1. The molecule has 0 aliphatic carbocycles. The molecule has 0 aromatic heterocycles.